The highest BCUT2D eigenvalue weighted by atomic mass is 35.5. The number of rotatable bonds is 6. The van der Waals surface area contributed by atoms with E-state index in [1.54, 1.807) is 59.6 Å². The van der Waals surface area contributed by atoms with Crippen molar-refractivity contribution in [2.75, 3.05) is 4.90 Å². The zero-order valence-electron chi connectivity index (χ0n) is 16.0. The molecular weight excluding hydrogens is 402 g/mol. The van der Waals surface area contributed by atoms with Crippen LogP contribution < -0.4 is 10.5 Å². The third-order valence-corrected chi connectivity index (χ3v) is 4.90. The number of nitrogens with zero attached hydrogens (tertiary/aromatic N) is 5. The molecule has 4 rings (SSSR count). The molecule has 7 nitrogen and oxygen atoms in total. The molecule has 8 heteroatoms. The second-order valence-corrected chi connectivity index (χ2v) is 7.10. The van der Waals surface area contributed by atoms with Crippen LogP contribution in [0.4, 0.5) is 5.69 Å². The second kappa shape index (κ2) is 8.84. The molecule has 0 atom stereocenters. The van der Waals surface area contributed by atoms with Gasteiger partial charge >= 0.3 is 0 Å². The van der Waals surface area contributed by atoms with Gasteiger partial charge in [-0.1, -0.05) is 35.0 Å². The molecule has 0 fully saturated rings. The molecule has 0 saturated heterocycles. The zero-order valence-corrected chi connectivity index (χ0v) is 16.7. The summed E-state index contributed by atoms with van der Waals surface area (Å²) in [6, 6.07) is 19.6. The SMILES string of the molecule is O=C(CCn1nnc2ccccc2c1=O)N(Cc1ccccn1)c1ccc(Cl)cc1. The zero-order chi connectivity index (χ0) is 20.9. The number of carbonyl (C=O) groups excluding carboxylic acids is 1. The molecule has 0 aliphatic heterocycles. The number of halogens is 1. The van der Waals surface area contributed by atoms with Gasteiger partial charge in [-0.3, -0.25) is 14.6 Å². The fourth-order valence-electron chi connectivity index (χ4n) is 3.10. The molecule has 150 valence electrons. The van der Waals surface area contributed by atoms with Crippen LogP contribution in [0.2, 0.25) is 5.02 Å². The largest absolute Gasteiger partial charge is 0.306 e. The Hall–Kier alpha value is -3.58. The summed E-state index contributed by atoms with van der Waals surface area (Å²) in [6.45, 7) is 0.432. The fraction of sp³-hybridized carbons (Fsp3) is 0.136. The number of fused-ring (bicyclic) bond motifs is 1. The Bertz CT molecular complexity index is 1230. The molecule has 2 aromatic carbocycles. The summed E-state index contributed by atoms with van der Waals surface area (Å²) < 4.78 is 1.22. The number of amides is 1. The summed E-state index contributed by atoms with van der Waals surface area (Å²) in [5.41, 5.74) is 1.72. The van der Waals surface area contributed by atoms with E-state index in [0.29, 0.717) is 28.2 Å². The summed E-state index contributed by atoms with van der Waals surface area (Å²) in [6.07, 6.45) is 1.77. The average molecular weight is 420 g/mol. The van der Waals surface area contributed by atoms with Gasteiger partial charge in [-0.2, -0.15) is 0 Å². The number of hydrogen-bond donors (Lipinski definition) is 0. The fourth-order valence-corrected chi connectivity index (χ4v) is 3.23. The van der Waals surface area contributed by atoms with Crippen molar-refractivity contribution < 1.29 is 4.79 Å². The maximum absolute atomic E-state index is 13.1. The van der Waals surface area contributed by atoms with Gasteiger partial charge in [0.15, 0.2) is 0 Å². The Balaban J connectivity index is 1.56. The monoisotopic (exact) mass is 419 g/mol. The lowest BCUT2D eigenvalue weighted by atomic mass is 10.2. The van der Waals surface area contributed by atoms with Crippen molar-refractivity contribution >= 4 is 34.1 Å². The van der Waals surface area contributed by atoms with E-state index in [1.807, 2.05) is 18.2 Å². The van der Waals surface area contributed by atoms with Gasteiger partial charge in [0, 0.05) is 23.3 Å². The Labute approximate surface area is 177 Å². The van der Waals surface area contributed by atoms with E-state index in [4.69, 9.17) is 11.6 Å². The Kier molecular flexibility index (Phi) is 5.81. The summed E-state index contributed by atoms with van der Waals surface area (Å²) in [5, 5.41) is 9.08. The van der Waals surface area contributed by atoms with Crippen LogP contribution >= 0.6 is 11.6 Å². The maximum Gasteiger partial charge on any atom is 0.277 e. The number of hydrogen-bond acceptors (Lipinski definition) is 5. The van der Waals surface area contributed by atoms with Gasteiger partial charge < -0.3 is 4.90 Å². The first-order chi connectivity index (χ1) is 14.6. The van der Waals surface area contributed by atoms with Crippen molar-refractivity contribution in [3.05, 3.63) is 94.0 Å². The van der Waals surface area contributed by atoms with Crippen molar-refractivity contribution in [1.29, 1.82) is 0 Å². The molecular formula is C22H18ClN5O2. The molecule has 0 N–H and O–H groups in total. The number of pyridine rings is 1. The molecule has 2 aromatic heterocycles. The third kappa shape index (κ3) is 4.36. The van der Waals surface area contributed by atoms with Gasteiger partial charge in [-0.15, -0.1) is 5.10 Å². The van der Waals surface area contributed by atoms with Crippen LogP contribution in [0.1, 0.15) is 12.1 Å². The van der Waals surface area contributed by atoms with Gasteiger partial charge in [0.2, 0.25) is 5.91 Å². The molecule has 0 aliphatic rings. The highest BCUT2D eigenvalue weighted by Crippen LogP contribution is 2.21. The van der Waals surface area contributed by atoms with Gasteiger partial charge in [0.25, 0.3) is 5.56 Å². The molecule has 2 heterocycles. The van der Waals surface area contributed by atoms with Gasteiger partial charge in [-0.25, -0.2) is 4.68 Å². The summed E-state index contributed by atoms with van der Waals surface area (Å²) in [5.74, 6) is -0.162. The topological polar surface area (TPSA) is 81.0 Å². The van der Waals surface area contributed by atoms with Crippen molar-refractivity contribution in [3.8, 4) is 0 Å². The van der Waals surface area contributed by atoms with E-state index in [1.165, 1.54) is 4.68 Å². The lowest BCUT2D eigenvalue weighted by Gasteiger charge is -2.23. The minimum atomic E-state index is -0.267. The molecule has 0 unspecified atom stereocenters. The Morgan fingerprint density at radius 3 is 2.53 bits per heavy atom. The van der Waals surface area contributed by atoms with E-state index in [9.17, 15) is 9.59 Å². The Morgan fingerprint density at radius 1 is 1.00 bits per heavy atom. The predicted molar refractivity (Wildman–Crippen MR) is 115 cm³/mol. The van der Waals surface area contributed by atoms with E-state index in [2.05, 4.69) is 15.3 Å². The number of carbonyl (C=O) groups is 1. The van der Waals surface area contributed by atoms with Crippen LogP contribution in [-0.4, -0.2) is 25.9 Å². The standard InChI is InChI=1S/C22H18ClN5O2/c23-16-8-10-18(11-9-16)27(15-17-5-3-4-13-24-17)21(29)12-14-28-22(30)19-6-1-2-7-20(19)25-26-28/h1-11,13H,12,14-15H2. The van der Waals surface area contributed by atoms with E-state index < -0.39 is 0 Å². The summed E-state index contributed by atoms with van der Waals surface area (Å²) in [4.78, 5) is 31.6. The lowest BCUT2D eigenvalue weighted by Crippen LogP contribution is -2.33. The van der Waals surface area contributed by atoms with Gasteiger partial charge in [0.05, 0.1) is 24.2 Å². The quantitative estimate of drug-likeness (QED) is 0.478. The highest BCUT2D eigenvalue weighted by molar-refractivity contribution is 6.30. The number of benzene rings is 2. The molecule has 0 spiro atoms. The van der Waals surface area contributed by atoms with Crippen LogP contribution in [0, 0.1) is 0 Å². The molecule has 0 bridgehead atoms. The second-order valence-electron chi connectivity index (χ2n) is 6.66. The van der Waals surface area contributed by atoms with Crippen LogP contribution in [-0.2, 0) is 17.9 Å². The van der Waals surface area contributed by atoms with Crippen molar-refractivity contribution in [2.45, 2.75) is 19.5 Å². The first-order valence-corrected chi connectivity index (χ1v) is 9.78. The maximum atomic E-state index is 13.1. The van der Waals surface area contributed by atoms with E-state index in [-0.39, 0.29) is 24.4 Å². The van der Waals surface area contributed by atoms with Crippen LogP contribution in [0.3, 0.4) is 0 Å². The first-order valence-electron chi connectivity index (χ1n) is 9.40. The third-order valence-electron chi connectivity index (χ3n) is 4.65. The number of aryl methyl sites for hydroxylation is 1. The smallest absolute Gasteiger partial charge is 0.277 e. The minimum absolute atomic E-state index is 0.0857. The molecule has 0 saturated carbocycles. The first kappa shape index (κ1) is 19.7. The van der Waals surface area contributed by atoms with E-state index in [0.717, 1.165) is 5.69 Å². The van der Waals surface area contributed by atoms with Gasteiger partial charge in [-0.05, 0) is 48.5 Å². The van der Waals surface area contributed by atoms with Crippen molar-refractivity contribution in [1.82, 2.24) is 20.0 Å². The lowest BCUT2D eigenvalue weighted by molar-refractivity contribution is -0.119. The Morgan fingerprint density at radius 2 is 1.77 bits per heavy atom. The molecule has 4 aromatic rings. The minimum Gasteiger partial charge on any atom is -0.306 e. The number of aromatic nitrogens is 4. The average Bonchev–Trinajstić information content (AvgIpc) is 2.78. The predicted octanol–water partition coefficient (Wildman–Crippen LogP) is 3.46. The summed E-state index contributed by atoms with van der Waals surface area (Å²) >= 11 is 5.99. The molecule has 0 radical (unpaired) electrons. The van der Waals surface area contributed by atoms with E-state index >= 15 is 0 Å². The molecule has 30 heavy (non-hydrogen) atoms. The van der Waals surface area contributed by atoms with Crippen LogP contribution in [0.25, 0.3) is 10.9 Å². The molecule has 1 amide bonds. The number of anilines is 1. The van der Waals surface area contributed by atoms with Crippen molar-refractivity contribution in [3.63, 3.8) is 0 Å². The van der Waals surface area contributed by atoms with Crippen LogP contribution in [0.5, 0.6) is 0 Å². The van der Waals surface area contributed by atoms with Gasteiger partial charge in [0.1, 0.15) is 5.52 Å². The molecule has 0 aliphatic carbocycles. The normalized spacial score (nSPS) is 10.8. The van der Waals surface area contributed by atoms with Crippen LogP contribution in [0.15, 0.2) is 77.7 Å². The highest BCUT2D eigenvalue weighted by Gasteiger charge is 2.18. The summed E-state index contributed by atoms with van der Waals surface area (Å²) in [7, 11) is 0. The van der Waals surface area contributed by atoms with Crippen molar-refractivity contribution in [2.24, 2.45) is 0 Å².